The van der Waals surface area contributed by atoms with Gasteiger partial charge in [0, 0.05) is 11.3 Å². The Hall–Kier alpha value is -0.220. The highest BCUT2D eigenvalue weighted by Crippen LogP contribution is 2.37. The van der Waals surface area contributed by atoms with Crippen LogP contribution in [0.25, 0.3) is 0 Å². The van der Waals surface area contributed by atoms with Crippen LogP contribution in [0.4, 0.5) is 0 Å². The van der Waals surface area contributed by atoms with Crippen LogP contribution in [0.15, 0.2) is 4.99 Å². The molecule has 98 valence electrons. The maximum atomic E-state index is 5.83. The number of amidine groups is 1. The van der Waals surface area contributed by atoms with Crippen molar-refractivity contribution < 1.29 is 0 Å². The fraction of sp³-hybridized carbons (Fsp3) is 0.923. The Morgan fingerprint density at radius 3 is 2.65 bits per heavy atom. The zero-order valence-electron chi connectivity index (χ0n) is 11.1. The van der Waals surface area contributed by atoms with Crippen LogP contribution >= 0.6 is 11.8 Å². The lowest BCUT2D eigenvalue weighted by Crippen LogP contribution is -2.43. The van der Waals surface area contributed by atoms with Gasteiger partial charge in [0.2, 0.25) is 0 Å². The number of hydrogen-bond donors (Lipinski definition) is 1. The Morgan fingerprint density at radius 1 is 1.29 bits per heavy atom. The molecule has 0 aromatic heterocycles. The molecule has 3 atom stereocenters. The predicted molar refractivity (Wildman–Crippen MR) is 76.6 cm³/mol. The number of nitrogens with zero attached hydrogens (tertiary/aromatic N) is 2. The van der Waals surface area contributed by atoms with Gasteiger partial charge in [-0.3, -0.25) is 4.99 Å². The zero-order chi connectivity index (χ0) is 12.3. The van der Waals surface area contributed by atoms with Crippen molar-refractivity contribution in [3.05, 3.63) is 0 Å². The van der Waals surface area contributed by atoms with Crippen LogP contribution in [0.2, 0.25) is 0 Å². The minimum atomic E-state index is 0.515. The van der Waals surface area contributed by atoms with Gasteiger partial charge in [-0.05, 0) is 45.2 Å². The van der Waals surface area contributed by atoms with Gasteiger partial charge in [-0.15, -0.1) is 0 Å². The van der Waals surface area contributed by atoms with Gasteiger partial charge in [0.15, 0.2) is 5.17 Å². The molecule has 1 aliphatic carbocycles. The largest absolute Gasteiger partial charge is 0.379 e. The molecule has 0 aromatic rings. The summed E-state index contributed by atoms with van der Waals surface area (Å²) in [5, 5.41) is 1.48. The molecule has 0 amide bonds. The summed E-state index contributed by atoms with van der Waals surface area (Å²) >= 11 is 1.81. The number of aliphatic imine (C=N–C) groups is 1. The van der Waals surface area contributed by atoms with E-state index in [4.69, 9.17) is 5.73 Å². The first-order chi connectivity index (χ1) is 8.24. The first kappa shape index (κ1) is 13.2. The lowest BCUT2D eigenvalue weighted by Gasteiger charge is -2.37. The van der Waals surface area contributed by atoms with Gasteiger partial charge >= 0.3 is 0 Å². The van der Waals surface area contributed by atoms with Crippen molar-refractivity contribution >= 4 is 16.9 Å². The molecular weight excluding hydrogens is 230 g/mol. The molecule has 1 aliphatic heterocycles. The van der Waals surface area contributed by atoms with E-state index < -0.39 is 0 Å². The highest BCUT2D eigenvalue weighted by Gasteiger charge is 2.37. The van der Waals surface area contributed by atoms with Gasteiger partial charge in [0.1, 0.15) is 0 Å². The van der Waals surface area contributed by atoms with E-state index in [0.717, 1.165) is 11.2 Å². The molecule has 0 radical (unpaired) electrons. The van der Waals surface area contributed by atoms with Crippen molar-refractivity contribution in [3.8, 4) is 0 Å². The summed E-state index contributed by atoms with van der Waals surface area (Å²) in [7, 11) is 0. The molecule has 4 heteroatoms. The first-order valence-electron chi connectivity index (χ1n) is 6.98. The van der Waals surface area contributed by atoms with Crippen molar-refractivity contribution in [2.75, 3.05) is 13.1 Å². The van der Waals surface area contributed by atoms with Crippen molar-refractivity contribution in [2.24, 2.45) is 10.7 Å². The van der Waals surface area contributed by atoms with E-state index in [1.165, 1.54) is 45.2 Å². The smallest absolute Gasteiger partial charge is 0.154 e. The molecule has 17 heavy (non-hydrogen) atoms. The molecule has 2 aliphatic rings. The predicted octanol–water partition coefficient (Wildman–Crippen LogP) is 2.46. The summed E-state index contributed by atoms with van der Waals surface area (Å²) < 4.78 is 0. The molecular formula is C13H25N3S. The molecule has 0 saturated heterocycles. The van der Waals surface area contributed by atoms with E-state index in [0.29, 0.717) is 11.3 Å². The van der Waals surface area contributed by atoms with Crippen LogP contribution in [0.3, 0.4) is 0 Å². The third kappa shape index (κ3) is 3.16. The SMILES string of the molecule is CCCN(CCC)C1CCC2N=C(N)SC2C1. The minimum Gasteiger partial charge on any atom is -0.379 e. The van der Waals surface area contributed by atoms with Crippen LogP contribution in [-0.4, -0.2) is 40.5 Å². The fourth-order valence-corrected chi connectivity index (χ4v) is 4.28. The Kier molecular flexibility index (Phi) is 4.74. The lowest BCUT2D eigenvalue weighted by molar-refractivity contribution is 0.153. The summed E-state index contributed by atoms with van der Waals surface area (Å²) in [4.78, 5) is 7.22. The van der Waals surface area contributed by atoms with E-state index in [1.54, 1.807) is 0 Å². The van der Waals surface area contributed by atoms with Crippen molar-refractivity contribution in [1.82, 2.24) is 4.90 Å². The van der Waals surface area contributed by atoms with Gasteiger partial charge < -0.3 is 10.6 Å². The lowest BCUT2D eigenvalue weighted by atomic mass is 9.90. The summed E-state index contributed by atoms with van der Waals surface area (Å²) in [6.45, 7) is 7.05. The van der Waals surface area contributed by atoms with Crippen LogP contribution < -0.4 is 5.73 Å². The van der Waals surface area contributed by atoms with E-state index in [1.807, 2.05) is 11.8 Å². The van der Waals surface area contributed by atoms with Crippen molar-refractivity contribution in [1.29, 1.82) is 0 Å². The molecule has 1 saturated carbocycles. The molecule has 1 heterocycles. The molecule has 0 spiro atoms. The average molecular weight is 255 g/mol. The standard InChI is InChI=1S/C13H25N3S/c1-3-7-16(8-4-2)10-5-6-11-12(9-10)17-13(14)15-11/h10-12H,3-9H2,1-2H3,(H2,14,15). The highest BCUT2D eigenvalue weighted by atomic mass is 32.2. The minimum absolute atomic E-state index is 0.515. The molecule has 1 fully saturated rings. The average Bonchev–Trinajstić information content (AvgIpc) is 2.67. The van der Waals surface area contributed by atoms with E-state index in [-0.39, 0.29) is 0 Å². The maximum Gasteiger partial charge on any atom is 0.154 e. The second-order valence-corrected chi connectivity index (χ2v) is 6.45. The third-order valence-corrected chi connectivity index (χ3v) is 4.99. The Balaban J connectivity index is 1.90. The second-order valence-electron chi connectivity index (χ2n) is 5.19. The molecule has 0 bridgehead atoms. The number of thioether (sulfide) groups is 1. The quantitative estimate of drug-likeness (QED) is 0.820. The van der Waals surface area contributed by atoms with Gasteiger partial charge in [0.25, 0.3) is 0 Å². The normalized spacial score (nSPS) is 32.6. The van der Waals surface area contributed by atoms with E-state index >= 15 is 0 Å². The van der Waals surface area contributed by atoms with Crippen LogP contribution in [-0.2, 0) is 0 Å². The molecule has 3 nitrogen and oxygen atoms in total. The summed E-state index contributed by atoms with van der Waals surface area (Å²) in [6.07, 6.45) is 6.33. The fourth-order valence-electron chi connectivity index (χ4n) is 3.10. The molecule has 2 N–H and O–H groups in total. The summed E-state index contributed by atoms with van der Waals surface area (Å²) in [5.41, 5.74) is 5.83. The van der Waals surface area contributed by atoms with Crippen LogP contribution in [0, 0.1) is 0 Å². The Bertz CT molecular complexity index is 274. The second kappa shape index (κ2) is 6.10. The van der Waals surface area contributed by atoms with Gasteiger partial charge in [-0.2, -0.15) is 0 Å². The molecule has 3 unspecified atom stereocenters. The molecule has 2 rings (SSSR count). The third-order valence-electron chi connectivity index (χ3n) is 3.83. The summed E-state index contributed by atoms with van der Waals surface area (Å²) in [5.74, 6) is 0. The number of nitrogens with two attached hydrogens (primary N) is 1. The van der Waals surface area contributed by atoms with E-state index in [9.17, 15) is 0 Å². The van der Waals surface area contributed by atoms with E-state index in [2.05, 4.69) is 23.7 Å². The first-order valence-corrected chi connectivity index (χ1v) is 7.86. The number of hydrogen-bond acceptors (Lipinski definition) is 4. The number of fused-ring (bicyclic) bond motifs is 1. The summed E-state index contributed by atoms with van der Waals surface area (Å²) in [6, 6.07) is 1.28. The van der Waals surface area contributed by atoms with Crippen molar-refractivity contribution in [3.63, 3.8) is 0 Å². The van der Waals surface area contributed by atoms with Crippen molar-refractivity contribution in [2.45, 2.75) is 63.3 Å². The monoisotopic (exact) mass is 255 g/mol. The molecule has 0 aromatic carbocycles. The van der Waals surface area contributed by atoms with Gasteiger partial charge in [0.05, 0.1) is 6.04 Å². The number of rotatable bonds is 5. The van der Waals surface area contributed by atoms with Gasteiger partial charge in [-0.25, -0.2) is 0 Å². The zero-order valence-corrected chi connectivity index (χ0v) is 11.9. The van der Waals surface area contributed by atoms with Crippen LogP contribution in [0.1, 0.15) is 46.0 Å². The highest BCUT2D eigenvalue weighted by molar-refractivity contribution is 8.14. The maximum absolute atomic E-state index is 5.83. The topological polar surface area (TPSA) is 41.6 Å². The Labute approximate surface area is 109 Å². The Morgan fingerprint density at radius 2 is 2.00 bits per heavy atom. The van der Waals surface area contributed by atoms with Crippen LogP contribution in [0.5, 0.6) is 0 Å². The van der Waals surface area contributed by atoms with Gasteiger partial charge in [-0.1, -0.05) is 25.6 Å².